The Labute approximate surface area is 169 Å². The fourth-order valence-electron chi connectivity index (χ4n) is 2.75. The van der Waals surface area contributed by atoms with Crippen LogP contribution in [0.4, 0.5) is 17.1 Å². The number of nitrogens with zero attached hydrogens (tertiary/aromatic N) is 1. The lowest BCUT2D eigenvalue weighted by Crippen LogP contribution is -2.14. The van der Waals surface area contributed by atoms with Gasteiger partial charge in [-0.1, -0.05) is 12.1 Å². The maximum Gasteiger partial charge on any atom is 0.338 e. The van der Waals surface area contributed by atoms with Gasteiger partial charge >= 0.3 is 5.97 Å². The minimum atomic E-state index is -0.347. The number of ether oxygens (including phenoxy) is 1. The van der Waals surface area contributed by atoms with Crippen molar-refractivity contribution in [2.45, 2.75) is 20.8 Å². The van der Waals surface area contributed by atoms with E-state index in [-0.39, 0.29) is 11.9 Å². The number of hydrogen-bond acceptors (Lipinski definition) is 5. The van der Waals surface area contributed by atoms with E-state index in [9.17, 15) is 9.59 Å². The van der Waals surface area contributed by atoms with Crippen molar-refractivity contribution in [3.05, 3.63) is 83.2 Å². The molecule has 29 heavy (non-hydrogen) atoms. The topological polar surface area (TPSA) is 80.3 Å². The average Bonchev–Trinajstić information content (AvgIpc) is 2.72. The summed E-state index contributed by atoms with van der Waals surface area (Å²) in [5.41, 5.74) is 5.28. The van der Waals surface area contributed by atoms with E-state index in [1.807, 2.05) is 32.0 Å². The number of amides is 1. The first-order chi connectivity index (χ1) is 14.0. The Hall–Kier alpha value is -3.67. The van der Waals surface area contributed by atoms with E-state index in [2.05, 4.69) is 15.6 Å². The van der Waals surface area contributed by atoms with Gasteiger partial charge < -0.3 is 15.4 Å². The van der Waals surface area contributed by atoms with Crippen molar-refractivity contribution in [3.8, 4) is 0 Å². The Kier molecular flexibility index (Phi) is 6.24. The van der Waals surface area contributed by atoms with E-state index in [4.69, 9.17) is 4.74 Å². The van der Waals surface area contributed by atoms with Crippen LogP contribution in [-0.4, -0.2) is 23.5 Å². The van der Waals surface area contributed by atoms with Crippen LogP contribution in [0.5, 0.6) is 0 Å². The molecule has 1 amide bonds. The zero-order valence-corrected chi connectivity index (χ0v) is 16.7. The molecule has 0 fully saturated rings. The molecule has 6 heteroatoms. The summed E-state index contributed by atoms with van der Waals surface area (Å²) in [6.45, 7) is 6.09. The third-order valence-corrected chi connectivity index (χ3v) is 4.53. The highest BCUT2D eigenvalue weighted by atomic mass is 16.5. The number of esters is 1. The normalized spacial score (nSPS) is 10.3. The molecule has 0 aliphatic carbocycles. The summed E-state index contributed by atoms with van der Waals surface area (Å²) < 4.78 is 4.97. The van der Waals surface area contributed by atoms with E-state index < -0.39 is 0 Å². The fourth-order valence-corrected chi connectivity index (χ4v) is 2.75. The van der Waals surface area contributed by atoms with Crippen molar-refractivity contribution in [2.75, 3.05) is 17.2 Å². The van der Waals surface area contributed by atoms with Gasteiger partial charge in [0.1, 0.15) is 5.69 Å². The van der Waals surface area contributed by atoms with Gasteiger partial charge in [-0.3, -0.25) is 4.79 Å². The predicted octanol–water partition coefficient (Wildman–Crippen LogP) is 4.87. The van der Waals surface area contributed by atoms with Crippen LogP contribution >= 0.6 is 0 Å². The Morgan fingerprint density at radius 1 is 0.966 bits per heavy atom. The zero-order chi connectivity index (χ0) is 20.8. The molecule has 1 aromatic heterocycles. The lowest BCUT2D eigenvalue weighted by molar-refractivity contribution is 0.0526. The zero-order valence-electron chi connectivity index (χ0n) is 16.7. The van der Waals surface area contributed by atoms with Crippen LogP contribution < -0.4 is 10.6 Å². The van der Waals surface area contributed by atoms with Crippen molar-refractivity contribution in [1.29, 1.82) is 0 Å². The molecule has 0 atom stereocenters. The molecule has 0 unspecified atom stereocenters. The van der Waals surface area contributed by atoms with Crippen molar-refractivity contribution in [3.63, 3.8) is 0 Å². The Morgan fingerprint density at radius 3 is 2.34 bits per heavy atom. The average molecular weight is 389 g/mol. The first kappa shape index (κ1) is 20.1. The molecule has 0 spiro atoms. The predicted molar refractivity (Wildman–Crippen MR) is 114 cm³/mol. The quantitative estimate of drug-likeness (QED) is 0.588. The van der Waals surface area contributed by atoms with Gasteiger partial charge in [0.15, 0.2) is 0 Å². The van der Waals surface area contributed by atoms with E-state index >= 15 is 0 Å². The fraction of sp³-hybridized carbons (Fsp3) is 0.174. The standard InChI is InChI=1S/C23H23N3O3/c1-4-29-23(28)17-8-10-18(11-9-17)25-19-12-13-21(24-14-19)22(27)26-20-7-5-6-15(2)16(20)3/h5-14,25H,4H2,1-3H3,(H,26,27). The van der Waals surface area contributed by atoms with Crippen LogP contribution in [0.25, 0.3) is 0 Å². The molecule has 0 aliphatic rings. The van der Waals surface area contributed by atoms with Gasteiger partial charge in [-0.05, 0) is 74.4 Å². The molecule has 1 heterocycles. The molecule has 3 rings (SSSR count). The maximum absolute atomic E-state index is 12.5. The van der Waals surface area contributed by atoms with Gasteiger partial charge in [0.05, 0.1) is 24.1 Å². The van der Waals surface area contributed by atoms with Gasteiger partial charge in [-0.25, -0.2) is 9.78 Å². The third kappa shape index (κ3) is 4.99. The van der Waals surface area contributed by atoms with Gasteiger partial charge in [0, 0.05) is 11.4 Å². The summed E-state index contributed by atoms with van der Waals surface area (Å²) in [5.74, 6) is -0.607. The summed E-state index contributed by atoms with van der Waals surface area (Å²) in [7, 11) is 0. The highest BCUT2D eigenvalue weighted by Gasteiger charge is 2.10. The van der Waals surface area contributed by atoms with Gasteiger partial charge in [-0.2, -0.15) is 0 Å². The number of rotatable bonds is 6. The number of nitrogens with one attached hydrogen (secondary N) is 2. The van der Waals surface area contributed by atoms with Crippen LogP contribution in [0.1, 0.15) is 38.9 Å². The van der Waals surface area contributed by atoms with E-state index in [1.165, 1.54) is 0 Å². The lowest BCUT2D eigenvalue weighted by atomic mass is 10.1. The highest BCUT2D eigenvalue weighted by molar-refractivity contribution is 6.03. The largest absolute Gasteiger partial charge is 0.462 e. The minimum absolute atomic E-state index is 0.260. The number of benzene rings is 2. The molecule has 0 aliphatic heterocycles. The van der Waals surface area contributed by atoms with E-state index in [1.54, 1.807) is 49.5 Å². The SMILES string of the molecule is CCOC(=O)c1ccc(Nc2ccc(C(=O)Nc3cccc(C)c3C)nc2)cc1. The summed E-state index contributed by atoms with van der Waals surface area (Å²) in [4.78, 5) is 28.4. The lowest BCUT2D eigenvalue weighted by Gasteiger charge is -2.11. The molecule has 0 saturated heterocycles. The summed E-state index contributed by atoms with van der Waals surface area (Å²) in [6, 6.07) is 16.2. The van der Waals surface area contributed by atoms with Crippen LogP contribution in [0.15, 0.2) is 60.8 Å². The number of anilines is 3. The number of carbonyl (C=O) groups excluding carboxylic acids is 2. The number of aromatic nitrogens is 1. The number of hydrogen-bond donors (Lipinski definition) is 2. The first-order valence-electron chi connectivity index (χ1n) is 9.35. The van der Waals surface area contributed by atoms with Crippen molar-refractivity contribution < 1.29 is 14.3 Å². The summed E-state index contributed by atoms with van der Waals surface area (Å²) >= 11 is 0. The summed E-state index contributed by atoms with van der Waals surface area (Å²) in [5, 5.41) is 6.09. The van der Waals surface area contributed by atoms with E-state index in [0.29, 0.717) is 17.9 Å². The molecule has 0 radical (unpaired) electrons. The molecule has 2 aromatic carbocycles. The third-order valence-electron chi connectivity index (χ3n) is 4.53. The Morgan fingerprint density at radius 2 is 1.69 bits per heavy atom. The molecule has 2 N–H and O–H groups in total. The van der Waals surface area contributed by atoms with Crippen LogP contribution in [0.3, 0.4) is 0 Å². The molecule has 3 aromatic rings. The molecule has 148 valence electrons. The van der Waals surface area contributed by atoms with Gasteiger partial charge in [0.25, 0.3) is 5.91 Å². The maximum atomic E-state index is 12.5. The van der Waals surface area contributed by atoms with E-state index in [0.717, 1.165) is 28.2 Å². The number of pyridine rings is 1. The Balaban J connectivity index is 1.64. The van der Waals surface area contributed by atoms with Crippen molar-refractivity contribution in [2.24, 2.45) is 0 Å². The molecule has 6 nitrogen and oxygen atoms in total. The molecular weight excluding hydrogens is 366 g/mol. The highest BCUT2D eigenvalue weighted by Crippen LogP contribution is 2.20. The van der Waals surface area contributed by atoms with Crippen LogP contribution in [-0.2, 0) is 4.74 Å². The molecular formula is C23H23N3O3. The Bertz CT molecular complexity index is 1010. The van der Waals surface area contributed by atoms with Crippen LogP contribution in [0.2, 0.25) is 0 Å². The van der Waals surface area contributed by atoms with Crippen molar-refractivity contribution in [1.82, 2.24) is 4.98 Å². The smallest absolute Gasteiger partial charge is 0.338 e. The monoisotopic (exact) mass is 389 g/mol. The molecule has 0 bridgehead atoms. The number of carbonyl (C=O) groups is 2. The second-order valence-corrected chi connectivity index (χ2v) is 6.56. The summed E-state index contributed by atoms with van der Waals surface area (Å²) in [6.07, 6.45) is 1.59. The second-order valence-electron chi connectivity index (χ2n) is 6.56. The van der Waals surface area contributed by atoms with Crippen molar-refractivity contribution >= 4 is 28.9 Å². The van der Waals surface area contributed by atoms with Gasteiger partial charge in [0.2, 0.25) is 0 Å². The minimum Gasteiger partial charge on any atom is -0.462 e. The number of aryl methyl sites for hydroxylation is 1. The van der Waals surface area contributed by atoms with Crippen LogP contribution in [0, 0.1) is 13.8 Å². The molecule has 0 saturated carbocycles. The first-order valence-corrected chi connectivity index (χ1v) is 9.35. The van der Waals surface area contributed by atoms with Gasteiger partial charge in [-0.15, -0.1) is 0 Å². The second kappa shape index (κ2) is 9.01.